The van der Waals surface area contributed by atoms with Crippen LogP contribution in [0.25, 0.3) is 0 Å². The molecule has 0 amide bonds. The molecule has 0 saturated heterocycles. The van der Waals surface area contributed by atoms with Gasteiger partial charge in [-0.3, -0.25) is 9.98 Å². The second-order valence-corrected chi connectivity index (χ2v) is 3.71. The van der Waals surface area contributed by atoms with Crippen molar-refractivity contribution in [3.63, 3.8) is 0 Å². The summed E-state index contributed by atoms with van der Waals surface area (Å²) in [6.07, 6.45) is 3.95. The predicted octanol–water partition coefficient (Wildman–Crippen LogP) is 1.43. The van der Waals surface area contributed by atoms with Crippen molar-refractivity contribution in [2.45, 2.75) is 13.8 Å². The van der Waals surface area contributed by atoms with Gasteiger partial charge in [0.05, 0.1) is 12.4 Å². The molecule has 4 nitrogen and oxygen atoms in total. The number of nitrogens with zero attached hydrogens (tertiary/aromatic N) is 3. The molecule has 0 aromatic heterocycles. The first kappa shape index (κ1) is 12.5. The summed E-state index contributed by atoms with van der Waals surface area (Å²) in [5.74, 6) is 0.956. The predicted molar refractivity (Wildman–Crippen MR) is 70.0 cm³/mol. The Kier molecular flexibility index (Phi) is 4.28. The lowest BCUT2D eigenvalue weighted by Gasteiger charge is -2.31. The number of allylic oxidation sites excluding steroid dienone is 2. The van der Waals surface area contributed by atoms with Gasteiger partial charge in [0.25, 0.3) is 0 Å². The minimum Gasteiger partial charge on any atom is -0.356 e. The average Bonchev–Trinajstić information content (AvgIpc) is 2.28. The maximum atomic E-state index is 4.24. The summed E-state index contributed by atoms with van der Waals surface area (Å²) in [4.78, 5) is 10.5. The topological polar surface area (TPSA) is 40.0 Å². The lowest BCUT2D eigenvalue weighted by Crippen LogP contribution is -2.42. The normalized spacial score (nSPS) is 20.9. The van der Waals surface area contributed by atoms with E-state index in [1.54, 1.807) is 14.1 Å². The molecule has 88 valence electrons. The molecule has 1 aliphatic rings. The van der Waals surface area contributed by atoms with E-state index >= 15 is 0 Å². The zero-order valence-electron chi connectivity index (χ0n) is 10.7. The number of aliphatic imine (C=N–C) groups is 2. The number of nitrogens with one attached hydrogen (secondary N) is 1. The van der Waals surface area contributed by atoms with Crippen LogP contribution in [0.2, 0.25) is 0 Å². The second kappa shape index (κ2) is 5.49. The molecular formula is C12H20N4. The van der Waals surface area contributed by atoms with E-state index in [1.807, 2.05) is 13.1 Å². The van der Waals surface area contributed by atoms with Gasteiger partial charge in [0.1, 0.15) is 5.84 Å². The molecule has 1 aliphatic heterocycles. The molecule has 0 bridgehead atoms. The van der Waals surface area contributed by atoms with E-state index in [9.17, 15) is 0 Å². The van der Waals surface area contributed by atoms with Crippen molar-refractivity contribution in [2.75, 3.05) is 27.8 Å². The number of amidine groups is 1. The fraction of sp³-hybridized carbons (Fsp3) is 0.500. The van der Waals surface area contributed by atoms with Crippen LogP contribution in [0.1, 0.15) is 13.8 Å². The lowest BCUT2D eigenvalue weighted by molar-refractivity contribution is 0.405. The van der Waals surface area contributed by atoms with Crippen molar-refractivity contribution >= 4 is 12.1 Å². The Morgan fingerprint density at radius 2 is 2.12 bits per heavy atom. The molecule has 1 heterocycles. The SMILES string of the molecule is CC=C(C=NC)C1=C(C)C(=NC)NCN1C. The molecule has 0 saturated carbocycles. The first-order valence-electron chi connectivity index (χ1n) is 5.37. The monoisotopic (exact) mass is 220 g/mol. The Labute approximate surface area is 97.5 Å². The standard InChI is InChI=1S/C12H20N4/c1-6-10(7-13-3)11-9(2)12(14-4)15-8-16(11)5/h6-7H,8H2,1-5H3,(H,14,15). The van der Waals surface area contributed by atoms with E-state index in [2.05, 4.69) is 40.2 Å². The van der Waals surface area contributed by atoms with Crippen LogP contribution in [0.3, 0.4) is 0 Å². The molecule has 0 spiro atoms. The van der Waals surface area contributed by atoms with Gasteiger partial charge in [0.2, 0.25) is 0 Å². The highest BCUT2D eigenvalue weighted by atomic mass is 15.2. The van der Waals surface area contributed by atoms with Gasteiger partial charge in [-0.05, 0) is 13.8 Å². The summed E-state index contributed by atoms with van der Waals surface area (Å²) in [5, 5.41) is 3.27. The van der Waals surface area contributed by atoms with Crippen LogP contribution in [-0.4, -0.2) is 44.8 Å². The van der Waals surface area contributed by atoms with Crippen molar-refractivity contribution < 1.29 is 0 Å². The van der Waals surface area contributed by atoms with Gasteiger partial charge in [-0.15, -0.1) is 0 Å². The Hall–Kier alpha value is -1.58. The van der Waals surface area contributed by atoms with Gasteiger partial charge in [0, 0.05) is 38.5 Å². The lowest BCUT2D eigenvalue weighted by atomic mass is 10.0. The fourth-order valence-corrected chi connectivity index (χ4v) is 1.90. The summed E-state index contributed by atoms with van der Waals surface area (Å²) in [6.45, 7) is 4.87. The molecule has 4 heteroatoms. The van der Waals surface area contributed by atoms with Gasteiger partial charge in [-0.1, -0.05) is 6.08 Å². The molecule has 16 heavy (non-hydrogen) atoms. The highest BCUT2D eigenvalue weighted by Crippen LogP contribution is 2.20. The molecule has 1 rings (SSSR count). The van der Waals surface area contributed by atoms with E-state index in [4.69, 9.17) is 0 Å². The molecule has 0 radical (unpaired) electrons. The van der Waals surface area contributed by atoms with Gasteiger partial charge >= 0.3 is 0 Å². The van der Waals surface area contributed by atoms with Crippen molar-refractivity contribution in [1.29, 1.82) is 0 Å². The van der Waals surface area contributed by atoms with Crippen LogP contribution >= 0.6 is 0 Å². The molecular weight excluding hydrogens is 200 g/mol. The van der Waals surface area contributed by atoms with Gasteiger partial charge < -0.3 is 10.2 Å². The summed E-state index contributed by atoms with van der Waals surface area (Å²) < 4.78 is 0. The quantitative estimate of drug-likeness (QED) is 0.715. The summed E-state index contributed by atoms with van der Waals surface area (Å²) in [7, 11) is 5.65. The third-order valence-corrected chi connectivity index (χ3v) is 2.65. The molecule has 0 aromatic carbocycles. The summed E-state index contributed by atoms with van der Waals surface area (Å²) in [5.41, 5.74) is 3.47. The van der Waals surface area contributed by atoms with Crippen LogP contribution in [0.15, 0.2) is 32.9 Å². The second-order valence-electron chi connectivity index (χ2n) is 3.71. The van der Waals surface area contributed by atoms with Crippen LogP contribution in [0, 0.1) is 0 Å². The molecule has 0 aromatic rings. The Morgan fingerprint density at radius 3 is 2.62 bits per heavy atom. The maximum absolute atomic E-state index is 4.24. The van der Waals surface area contributed by atoms with Crippen LogP contribution in [0.5, 0.6) is 0 Å². The molecule has 1 N–H and O–H groups in total. The number of likely N-dealkylation sites (N-methyl/N-ethyl adjacent to an activating group) is 1. The van der Waals surface area contributed by atoms with Crippen molar-refractivity contribution in [3.8, 4) is 0 Å². The number of rotatable bonds is 2. The van der Waals surface area contributed by atoms with Crippen LogP contribution < -0.4 is 5.32 Å². The highest BCUT2D eigenvalue weighted by Gasteiger charge is 2.20. The number of hydrogen-bond donors (Lipinski definition) is 1. The van der Waals surface area contributed by atoms with E-state index in [0.717, 1.165) is 23.7 Å². The Balaban J connectivity index is 3.25. The maximum Gasteiger partial charge on any atom is 0.127 e. The highest BCUT2D eigenvalue weighted by molar-refractivity contribution is 6.01. The van der Waals surface area contributed by atoms with Crippen molar-refractivity contribution in [1.82, 2.24) is 10.2 Å². The Morgan fingerprint density at radius 1 is 1.44 bits per heavy atom. The fourth-order valence-electron chi connectivity index (χ4n) is 1.90. The van der Waals surface area contributed by atoms with E-state index in [0.29, 0.717) is 0 Å². The van der Waals surface area contributed by atoms with E-state index in [1.165, 1.54) is 5.70 Å². The molecule has 0 unspecified atom stereocenters. The molecule has 0 fully saturated rings. The van der Waals surface area contributed by atoms with Crippen molar-refractivity contribution in [2.24, 2.45) is 9.98 Å². The van der Waals surface area contributed by atoms with Gasteiger partial charge in [0.15, 0.2) is 0 Å². The third-order valence-electron chi connectivity index (χ3n) is 2.65. The molecule has 0 aliphatic carbocycles. The summed E-state index contributed by atoms with van der Waals surface area (Å²) >= 11 is 0. The minimum atomic E-state index is 0.772. The molecule has 0 atom stereocenters. The zero-order chi connectivity index (χ0) is 12.1. The van der Waals surface area contributed by atoms with Crippen LogP contribution in [0.4, 0.5) is 0 Å². The smallest absolute Gasteiger partial charge is 0.127 e. The first-order chi connectivity index (χ1) is 7.65. The Bertz CT molecular complexity index is 374. The van der Waals surface area contributed by atoms with Crippen molar-refractivity contribution in [3.05, 3.63) is 22.9 Å². The van der Waals surface area contributed by atoms with Gasteiger partial charge in [-0.2, -0.15) is 0 Å². The van der Waals surface area contributed by atoms with E-state index in [-0.39, 0.29) is 0 Å². The largest absolute Gasteiger partial charge is 0.356 e. The average molecular weight is 220 g/mol. The minimum absolute atomic E-state index is 0.772. The summed E-state index contributed by atoms with van der Waals surface area (Å²) in [6, 6.07) is 0. The third kappa shape index (κ3) is 2.32. The number of hydrogen-bond acceptors (Lipinski definition) is 3. The van der Waals surface area contributed by atoms with E-state index < -0.39 is 0 Å². The van der Waals surface area contributed by atoms with Crippen LogP contribution in [-0.2, 0) is 0 Å². The zero-order valence-corrected chi connectivity index (χ0v) is 10.7. The van der Waals surface area contributed by atoms with Gasteiger partial charge in [-0.25, -0.2) is 0 Å². The first-order valence-corrected chi connectivity index (χ1v) is 5.37.